The maximum absolute atomic E-state index is 5.66. The third-order valence-electron chi connectivity index (χ3n) is 4.13. The van der Waals surface area contributed by atoms with Crippen molar-refractivity contribution in [2.75, 3.05) is 41.0 Å². The standard InChI is InChI=1S/C17H28N2O3/c1-5-22-17-15(20-3)9-13(10-16(17)21-4)11-19-8-6-7-14(12-19)18-2/h9-10,14,18H,5-8,11-12H2,1-4H3. The van der Waals surface area contributed by atoms with Crippen molar-refractivity contribution in [2.45, 2.75) is 32.4 Å². The Bertz CT molecular complexity index is 454. The summed E-state index contributed by atoms with van der Waals surface area (Å²) >= 11 is 0. The van der Waals surface area contributed by atoms with Crippen LogP contribution < -0.4 is 19.5 Å². The number of nitrogens with zero attached hydrogens (tertiary/aromatic N) is 1. The first-order valence-electron chi connectivity index (χ1n) is 7.99. The fraction of sp³-hybridized carbons (Fsp3) is 0.647. The van der Waals surface area contributed by atoms with Crippen LogP contribution in [0.4, 0.5) is 0 Å². The van der Waals surface area contributed by atoms with Crippen LogP contribution >= 0.6 is 0 Å². The molecule has 5 nitrogen and oxygen atoms in total. The number of methoxy groups -OCH3 is 2. The van der Waals surface area contributed by atoms with Crippen LogP contribution in [0.15, 0.2) is 12.1 Å². The molecule has 124 valence electrons. The molecule has 2 rings (SSSR count). The predicted molar refractivity (Wildman–Crippen MR) is 88.1 cm³/mol. The molecule has 0 aromatic heterocycles. The number of ether oxygens (including phenoxy) is 3. The second-order valence-corrected chi connectivity index (χ2v) is 5.63. The molecular formula is C17H28N2O3. The summed E-state index contributed by atoms with van der Waals surface area (Å²) in [4.78, 5) is 2.47. The van der Waals surface area contributed by atoms with E-state index in [-0.39, 0.29) is 0 Å². The van der Waals surface area contributed by atoms with Gasteiger partial charge in [0, 0.05) is 19.1 Å². The predicted octanol–water partition coefficient (Wildman–Crippen LogP) is 2.29. The van der Waals surface area contributed by atoms with Crippen LogP contribution in [0.1, 0.15) is 25.3 Å². The quantitative estimate of drug-likeness (QED) is 0.837. The van der Waals surface area contributed by atoms with Crippen LogP contribution in [0.5, 0.6) is 17.2 Å². The van der Waals surface area contributed by atoms with Crippen molar-refractivity contribution in [3.8, 4) is 17.2 Å². The molecule has 1 N–H and O–H groups in total. The van der Waals surface area contributed by atoms with Crippen LogP contribution in [0.3, 0.4) is 0 Å². The van der Waals surface area contributed by atoms with Gasteiger partial charge in [-0.15, -0.1) is 0 Å². The van der Waals surface area contributed by atoms with Crippen LogP contribution in [0, 0.1) is 0 Å². The summed E-state index contributed by atoms with van der Waals surface area (Å²) in [5, 5.41) is 3.38. The van der Waals surface area contributed by atoms with Crippen LogP contribution in [-0.4, -0.2) is 51.9 Å². The highest BCUT2D eigenvalue weighted by atomic mass is 16.5. The van der Waals surface area contributed by atoms with Crippen molar-refractivity contribution in [3.05, 3.63) is 17.7 Å². The van der Waals surface area contributed by atoms with Gasteiger partial charge in [0.05, 0.1) is 20.8 Å². The number of rotatable bonds is 7. The van der Waals surface area contributed by atoms with E-state index in [0.29, 0.717) is 18.4 Å². The Kier molecular flexibility index (Phi) is 6.34. The Morgan fingerprint density at radius 1 is 1.23 bits per heavy atom. The average Bonchev–Trinajstić information content (AvgIpc) is 2.56. The third-order valence-corrected chi connectivity index (χ3v) is 4.13. The fourth-order valence-corrected chi connectivity index (χ4v) is 3.01. The number of benzene rings is 1. The number of hydrogen-bond donors (Lipinski definition) is 1. The minimum absolute atomic E-state index is 0.584. The Balaban J connectivity index is 2.16. The Morgan fingerprint density at radius 3 is 2.45 bits per heavy atom. The zero-order chi connectivity index (χ0) is 15.9. The smallest absolute Gasteiger partial charge is 0.203 e. The van der Waals surface area contributed by atoms with Gasteiger partial charge in [-0.2, -0.15) is 0 Å². The summed E-state index contributed by atoms with van der Waals surface area (Å²) in [5.41, 5.74) is 1.19. The third kappa shape index (κ3) is 4.05. The monoisotopic (exact) mass is 308 g/mol. The van der Waals surface area contributed by atoms with Crippen molar-refractivity contribution < 1.29 is 14.2 Å². The highest BCUT2D eigenvalue weighted by Crippen LogP contribution is 2.39. The van der Waals surface area contributed by atoms with Crippen molar-refractivity contribution >= 4 is 0 Å². The number of likely N-dealkylation sites (tertiary alicyclic amines) is 1. The second-order valence-electron chi connectivity index (χ2n) is 5.63. The molecule has 5 heteroatoms. The van der Waals surface area contributed by atoms with Gasteiger partial charge >= 0.3 is 0 Å². The Hall–Kier alpha value is -1.46. The van der Waals surface area contributed by atoms with Crippen molar-refractivity contribution in [2.24, 2.45) is 0 Å². The van der Waals surface area contributed by atoms with Gasteiger partial charge in [0.15, 0.2) is 11.5 Å². The van der Waals surface area contributed by atoms with Gasteiger partial charge in [0.25, 0.3) is 0 Å². The van der Waals surface area contributed by atoms with E-state index in [4.69, 9.17) is 14.2 Å². The van der Waals surface area contributed by atoms with Crippen LogP contribution in [0.2, 0.25) is 0 Å². The normalized spacial score (nSPS) is 19.0. The second kappa shape index (κ2) is 8.25. The average molecular weight is 308 g/mol. The van der Waals surface area contributed by atoms with Crippen molar-refractivity contribution in [1.29, 1.82) is 0 Å². The van der Waals surface area contributed by atoms with Gasteiger partial charge in [-0.05, 0) is 51.1 Å². The van der Waals surface area contributed by atoms with Crippen molar-refractivity contribution in [3.63, 3.8) is 0 Å². The molecule has 1 fully saturated rings. The highest BCUT2D eigenvalue weighted by Gasteiger charge is 2.20. The number of hydrogen-bond acceptors (Lipinski definition) is 5. The molecule has 1 aromatic carbocycles. The Labute approximate surface area is 133 Å². The zero-order valence-electron chi connectivity index (χ0n) is 14.1. The van der Waals surface area contributed by atoms with E-state index in [1.54, 1.807) is 14.2 Å². The van der Waals surface area contributed by atoms with Gasteiger partial charge < -0.3 is 19.5 Å². The van der Waals surface area contributed by atoms with Gasteiger partial charge in [0.1, 0.15) is 0 Å². The van der Waals surface area contributed by atoms with E-state index in [2.05, 4.69) is 22.3 Å². The number of piperidine rings is 1. The topological polar surface area (TPSA) is 43.0 Å². The molecule has 22 heavy (non-hydrogen) atoms. The number of nitrogens with one attached hydrogen (secondary N) is 1. The van der Waals surface area contributed by atoms with E-state index in [1.807, 2.05) is 14.0 Å². The summed E-state index contributed by atoms with van der Waals surface area (Å²) in [6.07, 6.45) is 2.49. The highest BCUT2D eigenvalue weighted by molar-refractivity contribution is 5.53. The summed E-state index contributed by atoms with van der Waals surface area (Å²) < 4.78 is 16.6. The molecule has 1 aromatic rings. The summed E-state index contributed by atoms with van der Waals surface area (Å²) in [6.45, 7) is 5.65. The molecule has 0 spiro atoms. The lowest BCUT2D eigenvalue weighted by Crippen LogP contribution is -2.43. The zero-order valence-corrected chi connectivity index (χ0v) is 14.1. The molecule has 1 saturated heterocycles. The molecule has 1 heterocycles. The summed E-state index contributed by atoms with van der Waals surface area (Å²) in [5.74, 6) is 2.15. The van der Waals surface area contributed by atoms with Crippen LogP contribution in [0.25, 0.3) is 0 Å². The van der Waals surface area contributed by atoms with Crippen molar-refractivity contribution in [1.82, 2.24) is 10.2 Å². The maximum Gasteiger partial charge on any atom is 0.203 e. The molecular weight excluding hydrogens is 280 g/mol. The van der Waals surface area contributed by atoms with Gasteiger partial charge in [-0.1, -0.05) is 0 Å². The molecule has 1 atom stereocenters. The molecule has 1 aliphatic heterocycles. The maximum atomic E-state index is 5.66. The van der Waals surface area contributed by atoms with Gasteiger partial charge in [-0.25, -0.2) is 0 Å². The molecule has 0 aliphatic carbocycles. The minimum Gasteiger partial charge on any atom is -0.493 e. The fourth-order valence-electron chi connectivity index (χ4n) is 3.01. The number of likely N-dealkylation sites (N-methyl/N-ethyl adjacent to an activating group) is 1. The molecule has 1 unspecified atom stereocenters. The van der Waals surface area contributed by atoms with Crippen LogP contribution in [-0.2, 0) is 6.54 Å². The molecule has 0 saturated carbocycles. The van der Waals surface area contributed by atoms with Gasteiger partial charge in [0.2, 0.25) is 5.75 Å². The lowest BCUT2D eigenvalue weighted by Gasteiger charge is -2.32. The van der Waals surface area contributed by atoms with E-state index >= 15 is 0 Å². The first-order chi connectivity index (χ1) is 10.7. The largest absolute Gasteiger partial charge is 0.493 e. The molecule has 0 amide bonds. The van der Waals surface area contributed by atoms with E-state index in [0.717, 1.165) is 31.1 Å². The lowest BCUT2D eigenvalue weighted by atomic mass is 10.0. The SMILES string of the molecule is CCOc1c(OC)cc(CN2CCCC(NC)C2)cc1OC. The minimum atomic E-state index is 0.584. The summed E-state index contributed by atoms with van der Waals surface area (Å²) in [7, 11) is 5.37. The molecule has 0 bridgehead atoms. The van der Waals surface area contributed by atoms with E-state index < -0.39 is 0 Å². The first kappa shape index (κ1) is 16.9. The Morgan fingerprint density at radius 2 is 1.91 bits per heavy atom. The molecule has 1 aliphatic rings. The summed E-state index contributed by atoms with van der Waals surface area (Å²) in [6, 6.07) is 4.69. The van der Waals surface area contributed by atoms with Gasteiger partial charge in [-0.3, -0.25) is 4.90 Å². The lowest BCUT2D eigenvalue weighted by molar-refractivity contribution is 0.187. The first-order valence-corrected chi connectivity index (χ1v) is 7.99. The van der Waals surface area contributed by atoms with E-state index in [1.165, 1.54) is 18.4 Å². The molecule has 0 radical (unpaired) electrons. The van der Waals surface area contributed by atoms with E-state index in [9.17, 15) is 0 Å².